The number of nitrogens with one attached hydrogen (secondary N) is 2. The molecule has 122 valence electrons. The SMILES string of the molecule is O=C(CCNc1ccccc1F)Nc1ccc(C(F)(F)F)cc1. The summed E-state index contributed by atoms with van der Waals surface area (Å²) in [6.07, 6.45) is -4.36. The van der Waals surface area contributed by atoms with Gasteiger partial charge < -0.3 is 10.6 Å². The standard InChI is InChI=1S/C16H14F4N2O/c17-13-3-1-2-4-14(13)21-10-9-15(23)22-12-7-5-11(6-8-12)16(18,19)20/h1-8,21H,9-10H2,(H,22,23). The van der Waals surface area contributed by atoms with E-state index in [0.29, 0.717) is 0 Å². The van der Waals surface area contributed by atoms with Crippen LogP contribution in [0.2, 0.25) is 0 Å². The third-order valence-corrected chi connectivity index (χ3v) is 3.04. The molecule has 2 aromatic carbocycles. The van der Waals surface area contributed by atoms with Gasteiger partial charge in [-0.05, 0) is 36.4 Å². The quantitative estimate of drug-likeness (QED) is 0.805. The summed E-state index contributed by atoms with van der Waals surface area (Å²) in [4.78, 5) is 11.7. The number of benzene rings is 2. The summed E-state index contributed by atoms with van der Waals surface area (Å²) in [5.74, 6) is -0.802. The molecule has 0 fully saturated rings. The van der Waals surface area contributed by atoms with Crippen LogP contribution in [0.5, 0.6) is 0 Å². The van der Waals surface area contributed by atoms with E-state index in [1.165, 1.54) is 18.2 Å². The lowest BCUT2D eigenvalue weighted by atomic mass is 10.2. The highest BCUT2D eigenvalue weighted by Gasteiger charge is 2.29. The topological polar surface area (TPSA) is 41.1 Å². The number of carbonyl (C=O) groups excluding carboxylic acids is 1. The van der Waals surface area contributed by atoms with E-state index in [4.69, 9.17) is 0 Å². The molecule has 0 saturated heterocycles. The van der Waals surface area contributed by atoms with E-state index >= 15 is 0 Å². The van der Waals surface area contributed by atoms with E-state index in [0.717, 1.165) is 12.1 Å². The minimum atomic E-state index is -4.41. The Morgan fingerprint density at radius 1 is 1.00 bits per heavy atom. The first kappa shape index (κ1) is 16.8. The van der Waals surface area contributed by atoms with Crippen molar-refractivity contribution in [2.24, 2.45) is 0 Å². The Bertz CT molecular complexity index is 669. The fraction of sp³-hybridized carbons (Fsp3) is 0.188. The fourth-order valence-electron chi connectivity index (χ4n) is 1.88. The molecule has 2 rings (SSSR count). The van der Waals surface area contributed by atoms with E-state index in [1.54, 1.807) is 18.2 Å². The van der Waals surface area contributed by atoms with Gasteiger partial charge in [0.2, 0.25) is 5.91 Å². The Labute approximate surface area is 130 Å². The first-order valence-corrected chi connectivity index (χ1v) is 6.82. The molecule has 0 atom stereocenters. The van der Waals surface area contributed by atoms with Crippen molar-refractivity contribution in [3.63, 3.8) is 0 Å². The van der Waals surface area contributed by atoms with Crippen molar-refractivity contribution in [1.29, 1.82) is 0 Å². The van der Waals surface area contributed by atoms with Crippen molar-refractivity contribution in [2.75, 3.05) is 17.2 Å². The third kappa shape index (κ3) is 4.98. The highest BCUT2D eigenvalue weighted by atomic mass is 19.4. The minimum absolute atomic E-state index is 0.0509. The smallest absolute Gasteiger partial charge is 0.382 e. The summed E-state index contributed by atoms with van der Waals surface area (Å²) in [5.41, 5.74) is -0.222. The molecule has 2 N–H and O–H groups in total. The van der Waals surface area contributed by atoms with E-state index < -0.39 is 17.6 Å². The van der Waals surface area contributed by atoms with Gasteiger partial charge in [-0.1, -0.05) is 12.1 Å². The highest BCUT2D eigenvalue weighted by Crippen LogP contribution is 2.29. The molecule has 0 aliphatic carbocycles. The van der Waals surface area contributed by atoms with Gasteiger partial charge in [0.15, 0.2) is 0 Å². The van der Waals surface area contributed by atoms with Gasteiger partial charge in [0.25, 0.3) is 0 Å². The second-order valence-corrected chi connectivity index (χ2v) is 4.78. The predicted molar refractivity (Wildman–Crippen MR) is 79.6 cm³/mol. The van der Waals surface area contributed by atoms with Gasteiger partial charge in [0, 0.05) is 18.7 Å². The largest absolute Gasteiger partial charge is 0.416 e. The van der Waals surface area contributed by atoms with Crippen molar-refractivity contribution in [1.82, 2.24) is 0 Å². The molecule has 0 aliphatic rings. The van der Waals surface area contributed by atoms with Gasteiger partial charge in [0.1, 0.15) is 5.82 Å². The zero-order chi connectivity index (χ0) is 16.9. The first-order valence-electron chi connectivity index (χ1n) is 6.82. The number of carbonyl (C=O) groups is 1. The van der Waals surface area contributed by atoms with Crippen LogP contribution in [0, 0.1) is 5.82 Å². The molecule has 3 nitrogen and oxygen atoms in total. The van der Waals surface area contributed by atoms with Crippen molar-refractivity contribution in [3.05, 3.63) is 59.9 Å². The van der Waals surface area contributed by atoms with Crippen molar-refractivity contribution in [3.8, 4) is 0 Å². The Kier molecular flexibility index (Phi) is 5.20. The number of amides is 1. The van der Waals surface area contributed by atoms with Crippen LogP contribution < -0.4 is 10.6 Å². The molecular weight excluding hydrogens is 312 g/mol. The van der Waals surface area contributed by atoms with E-state index in [2.05, 4.69) is 10.6 Å². The number of hydrogen-bond acceptors (Lipinski definition) is 2. The Balaban J connectivity index is 1.82. The Hall–Kier alpha value is -2.57. The monoisotopic (exact) mass is 326 g/mol. The van der Waals surface area contributed by atoms with Gasteiger partial charge in [-0.25, -0.2) is 4.39 Å². The number of rotatable bonds is 5. The third-order valence-electron chi connectivity index (χ3n) is 3.04. The lowest BCUT2D eigenvalue weighted by Crippen LogP contribution is -2.16. The van der Waals surface area contributed by atoms with Crippen LogP contribution in [0.15, 0.2) is 48.5 Å². The number of para-hydroxylation sites is 1. The predicted octanol–water partition coefficient (Wildman–Crippen LogP) is 4.29. The van der Waals surface area contributed by atoms with Gasteiger partial charge in [-0.15, -0.1) is 0 Å². The van der Waals surface area contributed by atoms with Crippen LogP contribution in [0.3, 0.4) is 0 Å². The summed E-state index contributed by atoms with van der Waals surface area (Å²) in [6.45, 7) is 0.202. The molecule has 0 bridgehead atoms. The van der Waals surface area contributed by atoms with E-state index in [1.807, 2.05) is 0 Å². The van der Waals surface area contributed by atoms with E-state index in [-0.39, 0.29) is 30.2 Å². The molecule has 0 aromatic heterocycles. The average Bonchev–Trinajstić information content (AvgIpc) is 2.49. The summed E-state index contributed by atoms with van der Waals surface area (Å²) in [5, 5.41) is 5.26. The number of alkyl halides is 3. The van der Waals surface area contributed by atoms with Crippen LogP contribution in [0.25, 0.3) is 0 Å². The van der Waals surface area contributed by atoms with Crippen LogP contribution in [0.4, 0.5) is 28.9 Å². The summed E-state index contributed by atoms with van der Waals surface area (Å²) < 4.78 is 50.6. The van der Waals surface area contributed by atoms with Crippen molar-refractivity contribution in [2.45, 2.75) is 12.6 Å². The van der Waals surface area contributed by atoms with E-state index in [9.17, 15) is 22.4 Å². The maximum Gasteiger partial charge on any atom is 0.416 e. The highest BCUT2D eigenvalue weighted by molar-refractivity contribution is 5.91. The first-order chi connectivity index (χ1) is 10.9. The molecule has 1 amide bonds. The van der Waals surface area contributed by atoms with Gasteiger partial charge in [0.05, 0.1) is 11.3 Å². The number of anilines is 2. The molecule has 0 unspecified atom stereocenters. The van der Waals surface area contributed by atoms with Crippen molar-refractivity contribution >= 4 is 17.3 Å². The Morgan fingerprint density at radius 3 is 2.26 bits per heavy atom. The Morgan fingerprint density at radius 2 is 1.65 bits per heavy atom. The maximum atomic E-state index is 13.3. The van der Waals surface area contributed by atoms with Crippen LogP contribution >= 0.6 is 0 Å². The minimum Gasteiger partial charge on any atom is -0.382 e. The molecule has 0 saturated carbocycles. The second kappa shape index (κ2) is 7.13. The average molecular weight is 326 g/mol. The molecule has 0 radical (unpaired) electrons. The molecule has 0 aliphatic heterocycles. The fourth-order valence-corrected chi connectivity index (χ4v) is 1.88. The zero-order valence-corrected chi connectivity index (χ0v) is 12.0. The maximum absolute atomic E-state index is 13.3. The lowest BCUT2D eigenvalue weighted by molar-refractivity contribution is -0.137. The van der Waals surface area contributed by atoms with Crippen LogP contribution in [0.1, 0.15) is 12.0 Å². The van der Waals surface area contributed by atoms with Gasteiger partial charge >= 0.3 is 6.18 Å². The molecule has 23 heavy (non-hydrogen) atoms. The molecular formula is C16H14F4N2O. The van der Waals surface area contributed by atoms with Gasteiger partial charge in [-0.3, -0.25) is 4.79 Å². The summed E-state index contributed by atoms with van der Waals surface area (Å²) in [6, 6.07) is 10.2. The summed E-state index contributed by atoms with van der Waals surface area (Å²) in [7, 11) is 0. The zero-order valence-electron chi connectivity index (χ0n) is 12.0. The van der Waals surface area contributed by atoms with Crippen LogP contribution in [-0.2, 0) is 11.0 Å². The molecule has 0 spiro atoms. The molecule has 7 heteroatoms. The summed E-state index contributed by atoms with van der Waals surface area (Å²) >= 11 is 0. The number of halogens is 4. The second-order valence-electron chi connectivity index (χ2n) is 4.78. The van der Waals surface area contributed by atoms with Crippen LogP contribution in [-0.4, -0.2) is 12.5 Å². The van der Waals surface area contributed by atoms with Gasteiger partial charge in [-0.2, -0.15) is 13.2 Å². The normalized spacial score (nSPS) is 11.1. The lowest BCUT2D eigenvalue weighted by Gasteiger charge is -2.10. The molecule has 0 heterocycles. The number of hydrogen-bond donors (Lipinski definition) is 2. The van der Waals surface area contributed by atoms with Crippen molar-refractivity contribution < 1.29 is 22.4 Å². The molecule has 2 aromatic rings.